The Bertz CT molecular complexity index is 1260. The summed E-state index contributed by atoms with van der Waals surface area (Å²) >= 11 is 0. The van der Waals surface area contributed by atoms with Gasteiger partial charge in [-0.25, -0.2) is 13.8 Å². The number of aromatic nitrogens is 2. The topological polar surface area (TPSA) is 59.4 Å². The molecule has 1 spiro atoms. The second kappa shape index (κ2) is 9.41. The van der Waals surface area contributed by atoms with Crippen molar-refractivity contribution in [2.75, 3.05) is 26.2 Å². The summed E-state index contributed by atoms with van der Waals surface area (Å²) in [4.78, 5) is 20.2. The lowest BCUT2D eigenvalue weighted by atomic mass is 9.83. The first kappa shape index (κ1) is 24.6. The number of ether oxygens (including phenoxy) is 1. The zero-order valence-electron chi connectivity index (χ0n) is 20.9. The van der Waals surface area contributed by atoms with Crippen LogP contribution in [0.25, 0.3) is 11.3 Å². The largest absolute Gasteiger partial charge is 0.362 e. The molecule has 0 aliphatic carbocycles. The van der Waals surface area contributed by atoms with Crippen molar-refractivity contribution in [1.82, 2.24) is 19.8 Å². The molecule has 1 N–H and O–H groups in total. The molecule has 3 aromatic rings. The van der Waals surface area contributed by atoms with Crippen LogP contribution in [0.5, 0.6) is 0 Å². The summed E-state index contributed by atoms with van der Waals surface area (Å²) in [6.07, 6.45) is 2.70. The summed E-state index contributed by atoms with van der Waals surface area (Å²) in [5.41, 5.74) is 1.24. The maximum absolute atomic E-state index is 14.1. The van der Waals surface area contributed by atoms with Gasteiger partial charge < -0.3 is 19.5 Å². The fourth-order valence-corrected chi connectivity index (χ4v) is 5.34. The van der Waals surface area contributed by atoms with E-state index in [2.05, 4.69) is 26.1 Å². The van der Waals surface area contributed by atoms with E-state index >= 15 is 0 Å². The molecule has 2 aromatic carbocycles. The monoisotopic (exact) mass is 494 g/mol. The number of carbonyl (C=O) groups excluding carboxylic acids is 1. The van der Waals surface area contributed by atoms with Crippen LogP contribution in [-0.4, -0.2) is 52.2 Å². The third-order valence-corrected chi connectivity index (χ3v) is 7.03. The molecule has 0 radical (unpaired) electrons. The Balaban J connectivity index is 1.62. The van der Waals surface area contributed by atoms with Gasteiger partial charge in [0.1, 0.15) is 24.1 Å². The second-order valence-corrected chi connectivity index (χ2v) is 10.9. The normalized spacial score (nSPS) is 21.4. The molecule has 3 heterocycles. The highest BCUT2D eigenvalue weighted by Gasteiger charge is 2.47. The van der Waals surface area contributed by atoms with Crippen molar-refractivity contribution < 1.29 is 18.3 Å². The number of hydrogen-bond acceptors (Lipinski definition) is 4. The Morgan fingerprint density at radius 2 is 1.89 bits per heavy atom. The average molecular weight is 495 g/mol. The van der Waals surface area contributed by atoms with E-state index in [9.17, 15) is 13.6 Å². The molecular weight excluding hydrogens is 462 g/mol. The quantitative estimate of drug-likeness (QED) is 0.565. The molecule has 36 heavy (non-hydrogen) atoms. The first-order chi connectivity index (χ1) is 17.1. The van der Waals surface area contributed by atoms with Gasteiger partial charge in [-0.3, -0.25) is 4.79 Å². The maximum atomic E-state index is 14.1. The zero-order chi connectivity index (χ0) is 25.5. The SMILES string of the molecule is CC(C)(C)C(c1nc(-c2cccc(F)c2)cn1Cc1cccc(F)c1)N1CC2(CCNC2)OCC1=O. The molecule has 2 unspecified atom stereocenters. The average Bonchev–Trinajstić information content (AvgIpc) is 3.43. The van der Waals surface area contributed by atoms with Crippen molar-refractivity contribution in [3.05, 3.63) is 77.8 Å². The van der Waals surface area contributed by atoms with Crippen LogP contribution in [0.4, 0.5) is 8.78 Å². The smallest absolute Gasteiger partial charge is 0.249 e. The number of carbonyl (C=O) groups is 1. The molecule has 2 aliphatic rings. The van der Waals surface area contributed by atoms with Crippen molar-refractivity contribution >= 4 is 5.91 Å². The van der Waals surface area contributed by atoms with Crippen LogP contribution in [0.1, 0.15) is 44.6 Å². The summed E-state index contributed by atoms with van der Waals surface area (Å²) in [5, 5.41) is 3.36. The highest BCUT2D eigenvalue weighted by molar-refractivity contribution is 5.79. The molecular formula is C28H32F2N4O2. The van der Waals surface area contributed by atoms with Gasteiger partial charge in [-0.15, -0.1) is 0 Å². The van der Waals surface area contributed by atoms with E-state index in [4.69, 9.17) is 9.72 Å². The van der Waals surface area contributed by atoms with E-state index < -0.39 is 5.60 Å². The molecule has 2 atom stereocenters. The maximum Gasteiger partial charge on any atom is 0.249 e. The molecule has 8 heteroatoms. The Kier molecular flexibility index (Phi) is 6.43. The van der Waals surface area contributed by atoms with Crippen LogP contribution in [0, 0.1) is 17.0 Å². The van der Waals surface area contributed by atoms with Gasteiger partial charge in [-0.05, 0) is 48.2 Å². The van der Waals surface area contributed by atoms with Gasteiger partial charge in [0.05, 0.1) is 23.9 Å². The van der Waals surface area contributed by atoms with E-state index in [0.29, 0.717) is 36.7 Å². The van der Waals surface area contributed by atoms with Gasteiger partial charge in [0.15, 0.2) is 0 Å². The Morgan fingerprint density at radius 1 is 1.14 bits per heavy atom. The number of amides is 1. The molecule has 2 fully saturated rings. The third-order valence-electron chi connectivity index (χ3n) is 7.03. The number of nitrogens with one attached hydrogen (secondary N) is 1. The number of benzene rings is 2. The highest BCUT2D eigenvalue weighted by Crippen LogP contribution is 2.42. The van der Waals surface area contributed by atoms with Crippen LogP contribution in [0.3, 0.4) is 0 Å². The number of rotatable bonds is 5. The van der Waals surface area contributed by atoms with Crippen LogP contribution >= 0.6 is 0 Å². The number of morpholine rings is 1. The fourth-order valence-electron chi connectivity index (χ4n) is 5.34. The first-order valence-electron chi connectivity index (χ1n) is 12.4. The van der Waals surface area contributed by atoms with Crippen molar-refractivity contribution in [2.24, 2.45) is 5.41 Å². The van der Waals surface area contributed by atoms with Gasteiger partial charge in [0, 0.05) is 24.8 Å². The minimum atomic E-state index is -0.414. The molecule has 0 saturated carbocycles. The lowest BCUT2D eigenvalue weighted by molar-refractivity contribution is -0.169. The van der Waals surface area contributed by atoms with Crippen LogP contribution < -0.4 is 5.32 Å². The molecule has 190 valence electrons. The minimum Gasteiger partial charge on any atom is -0.362 e. The molecule has 0 bridgehead atoms. The van der Waals surface area contributed by atoms with Crippen LogP contribution in [-0.2, 0) is 16.1 Å². The molecule has 1 amide bonds. The molecule has 5 rings (SSSR count). The van der Waals surface area contributed by atoms with Gasteiger partial charge in [-0.1, -0.05) is 45.0 Å². The lowest BCUT2D eigenvalue weighted by Gasteiger charge is -2.47. The van der Waals surface area contributed by atoms with Gasteiger partial charge >= 0.3 is 0 Å². The standard InChI is InChI=1S/C28H32F2N4O2/c1-27(2,3)25(34-18-28(10-11-31-17-28)36-16-24(34)35)26-32-23(20-7-5-9-22(30)13-20)15-33(26)14-19-6-4-8-21(29)12-19/h4-9,12-13,15,25,31H,10-11,14,16-18H2,1-3H3. The summed E-state index contributed by atoms with van der Waals surface area (Å²) < 4.78 is 36.1. The van der Waals surface area contributed by atoms with Gasteiger partial charge in [0.25, 0.3) is 0 Å². The summed E-state index contributed by atoms with van der Waals surface area (Å²) in [5.74, 6) is -0.0616. The Morgan fingerprint density at radius 3 is 2.56 bits per heavy atom. The predicted octanol–water partition coefficient (Wildman–Crippen LogP) is 4.55. The minimum absolute atomic E-state index is 0.0234. The van der Waals surface area contributed by atoms with Crippen LogP contribution in [0.2, 0.25) is 0 Å². The van der Waals surface area contributed by atoms with E-state index in [1.807, 2.05) is 27.8 Å². The number of imidazole rings is 1. The highest BCUT2D eigenvalue weighted by atomic mass is 19.1. The molecule has 2 saturated heterocycles. The van der Waals surface area contributed by atoms with E-state index in [1.54, 1.807) is 12.1 Å². The van der Waals surface area contributed by atoms with Gasteiger partial charge in [0.2, 0.25) is 5.91 Å². The van der Waals surface area contributed by atoms with Crippen molar-refractivity contribution in [3.63, 3.8) is 0 Å². The number of hydrogen-bond donors (Lipinski definition) is 1. The lowest BCUT2D eigenvalue weighted by Crippen LogP contribution is -2.58. The predicted molar refractivity (Wildman–Crippen MR) is 133 cm³/mol. The number of nitrogens with zero attached hydrogens (tertiary/aromatic N) is 3. The molecule has 2 aliphatic heterocycles. The second-order valence-electron chi connectivity index (χ2n) is 10.9. The van der Waals surface area contributed by atoms with Gasteiger partial charge in [-0.2, -0.15) is 0 Å². The van der Waals surface area contributed by atoms with E-state index in [-0.39, 0.29) is 35.6 Å². The summed E-state index contributed by atoms with van der Waals surface area (Å²) in [7, 11) is 0. The van der Waals surface area contributed by atoms with E-state index in [0.717, 1.165) is 18.5 Å². The molecule has 1 aromatic heterocycles. The van der Waals surface area contributed by atoms with Crippen molar-refractivity contribution in [3.8, 4) is 11.3 Å². The van der Waals surface area contributed by atoms with Crippen molar-refractivity contribution in [2.45, 2.75) is 45.4 Å². The Labute approximate surface area is 210 Å². The third kappa shape index (κ3) is 4.92. The molecule has 6 nitrogen and oxygen atoms in total. The fraction of sp³-hybridized carbons (Fsp3) is 0.429. The van der Waals surface area contributed by atoms with Crippen molar-refractivity contribution in [1.29, 1.82) is 0 Å². The van der Waals surface area contributed by atoms with E-state index in [1.165, 1.54) is 24.3 Å². The number of halogens is 2. The summed E-state index contributed by atoms with van der Waals surface area (Å²) in [6, 6.07) is 12.4. The first-order valence-corrected chi connectivity index (χ1v) is 12.4. The van der Waals surface area contributed by atoms with Crippen LogP contribution in [0.15, 0.2) is 54.7 Å². The Hall–Kier alpha value is -3.10. The zero-order valence-corrected chi connectivity index (χ0v) is 20.9. The summed E-state index contributed by atoms with van der Waals surface area (Å²) in [6.45, 7) is 8.65.